The molecule has 1 aliphatic carbocycles. The minimum absolute atomic E-state index is 0.00737. The third-order valence-electron chi connectivity index (χ3n) is 4.26. The Hall–Kier alpha value is -2.73. The lowest BCUT2D eigenvalue weighted by molar-refractivity contribution is -0.120. The molecule has 1 saturated carbocycles. The Morgan fingerprint density at radius 3 is 2.42 bits per heavy atom. The van der Waals surface area contributed by atoms with Gasteiger partial charge < -0.3 is 11.2 Å². The van der Waals surface area contributed by atoms with E-state index in [4.69, 9.17) is 5.84 Å². The van der Waals surface area contributed by atoms with Crippen LogP contribution in [0.5, 0.6) is 0 Å². The van der Waals surface area contributed by atoms with Crippen LogP contribution in [0, 0.1) is 0 Å². The number of carbonyl (C=O) groups excluding carboxylic acids is 1. The molecule has 0 saturated heterocycles. The Balaban J connectivity index is 1.61. The van der Waals surface area contributed by atoms with Crippen molar-refractivity contribution in [3.05, 3.63) is 72.4 Å². The largest absolute Gasteiger partial charge is 0.352 e. The predicted molar refractivity (Wildman–Crippen MR) is 104 cm³/mol. The van der Waals surface area contributed by atoms with Crippen LogP contribution in [0.15, 0.2) is 72.0 Å². The summed E-state index contributed by atoms with van der Waals surface area (Å²) in [7, 11) is 0. The number of rotatable bonds is 6. The summed E-state index contributed by atoms with van der Waals surface area (Å²) in [5, 5.41) is 3.32. The van der Waals surface area contributed by atoms with Gasteiger partial charge in [-0.2, -0.15) is 0 Å². The molecule has 4 rings (SSSR count). The average molecular weight is 364 g/mol. The van der Waals surface area contributed by atoms with E-state index in [0.29, 0.717) is 11.2 Å². The molecule has 0 spiro atoms. The highest BCUT2D eigenvalue weighted by Crippen LogP contribution is 2.36. The second-order valence-corrected chi connectivity index (χ2v) is 7.45. The molecular formula is C20H20N4OS. The van der Waals surface area contributed by atoms with Gasteiger partial charge >= 0.3 is 0 Å². The number of hydrogen-bond acceptors (Lipinski definition) is 4. The summed E-state index contributed by atoms with van der Waals surface area (Å²) in [6.07, 6.45) is 3.90. The minimum atomic E-state index is -0.384. The highest BCUT2D eigenvalue weighted by atomic mass is 32.2. The highest BCUT2D eigenvalue weighted by molar-refractivity contribution is 8.00. The molecule has 1 unspecified atom stereocenters. The lowest BCUT2D eigenvalue weighted by atomic mass is 10.1. The fraction of sp³-hybridized carbons (Fsp3) is 0.200. The van der Waals surface area contributed by atoms with E-state index in [1.165, 1.54) is 16.4 Å². The molecule has 2 aromatic carbocycles. The molecule has 0 aliphatic heterocycles. The van der Waals surface area contributed by atoms with Crippen molar-refractivity contribution in [3.63, 3.8) is 0 Å². The normalized spacial score (nSPS) is 14.8. The number of aromatic nitrogens is 2. The summed E-state index contributed by atoms with van der Waals surface area (Å²) in [5.41, 5.74) is 2.74. The van der Waals surface area contributed by atoms with Gasteiger partial charge in [-0.15, -0.1) is 0 Å². The van der Waals surface area contributed by atoms with Crippen LogP contribution >= 0.6 is 11.8 Å². The van der Waals surface area contributed by atoms with Crippen molar-refractivity contribution < 1.29 is 4.79 Å². The van der Waals surface area contributed by atoms with Crippen molar-refractivity contribution in [2.75, 3.05) is 5.84 Å². The molecule has 1 amide bonds. The molecule has 6 heteroatoms. The van der Waals surface area contributed by atoms with E-state index in [-0.39, 0.29) is 11.2 Å². The summed E-state index contributed by atoms with van der Waals surface area (Å²) in [4.78, 5) is 17.4. The van der Waals surface area contributed by atoms with Gasteiger partial charge in [0, 0.05) is 11.6 Å². The van der Waals surface area contributed by atoms with Crippen molar-refractivity contribution in [2.24, 2.45) is 0 Å². The fourth-order valence-corrected chi connectivity index (χ4v) is 3.73. The van der Waals surface area contributed by atoms with E-state index >= 15 is 0 Å². The Bertz CT molecular complexity index is 891. The molecule has 132 valence electrons. The van der Waals surface area contributed by atoms with Crippen molar-refractivity contribution in [1.82, 2.24) is 15.0 Å². The quantitative estimate of drug-likeness (QED) is 0.519. The van der Waals surface area contributed by atoms with Crippen LogP contribution in [0.1, 0.15) is 23.7 Å². The number of carbonyl (C=O) groups is 1. The fourth-order valence-electron chi connectivity index (χ4n) is 2.72. The van der Waals surface area contributed by atoms with Gasteiger partial charge in [-0.1, -0.05) is 72.4 Å². The van der Waals surface area contributed by atoms with Crippen LogP contribution in [0.2, 0.25) is 0 Å². The summed E-state index contributed by atoms with van der Waals surface area (Å²) in [5.74, 6) is 6.13. The van der Waals surface area contributed by atoms with Gasteiger partial charge in [-0.05, 0) is 18.4 Å². The van der Waals surface area contributed by atoms with Crippen LogP contribution in [-0.2, 0) is 4.79 Å². The molecule has 26 heavy (non-hydrogen) atoms. The smallest absolute Gasteiger partial charge is 0.238 e. The molecule has 5 nitrogen and oxygen atoms in total. The lowest BCUT2D eigenvalue weighted by Crippen LogP contribution is -2.30. The monoisotopic (exact) mass is 364 g/mol. The van der Waals surface area contributed by atoms with E-state index in [1.54, 1.807) is 6.20 Å². The average Bonchev–Trinajstić information content (AvgIpc) is 3.41. The zero-order valence-electron chi connectivity index (χ0n) is 14.2. The predicted octanol–water partition coefficient (Wildman–Crippen LogP) is 3.38. The van der Waals surface area contributed by atoms with Gasteiger partial charge in [0.15, 0.2) is 5.16 Å². The van der Waals surface area contributed by atoms with E-state index in [1.807, 2.05) is 60.7 Å². The van der Waals surface area contributed by atoms with E-state index in [9.17, 15) is 4.79 Å². The lowest BCUT2D eigenvalue weighted by Gasteiger charge is -2.16. The minimum Gasteiger partial charge on any atom is -0.352 e. The number of amides is 1. The molecule has 3 N–H and O–H groups in total. The summed E-state index contributed by atoms with van der Waals surface area (Å²) in [6, 6.07) is 19.9. The topological polar surface area (TPSA) is 72.9 Å². The molecule has 1 fully saturated rings. The third kappa shape index (κ3) is 3.75. The van der Waals surface area contributed by atoms with Crippen LogP contribution in [0.4, 0.5) is 0 Å². The molecule has 1 heterocycles. The van der Waals surface area contributed by atoms with Crippen LogP contribution in [0.25, 0.3) is 11.3 Å². The summed E-state index contributed by atoms with van der Waals surface area (Å²) >= 11 is 1.38. The second-order valence-electron chi connectivity index (χ2n) is 6.37. The Morgan fingerprint density at radius 1 is 1.12 bits per heavy atom. The van der Waals surface area contributed by atoms with Crippen LogP contribution in [-0.4, -0.2) is 21.6 Å². The van der Waals surface area contributed by atoms with Gasteiger partial charge in [0.2, 0.25) is 5.91 Å². The number of hydrogen-bond donors (Lipinski definition) is 2. The maximum Gasteiger partial charge on any atom is 0.238 e. The summed E-state index contributed by atoms with van der Waals surface area (Å²) < 4.78 is 1.49. The van der Waals surface area contributed by atoms with Gasteiger partial charge in [0.05, 0.1) is 11.9 Å². The van der Waals surface area contributed by atoms with Crippen molar-refractivity contribution in [1.29, 1.82) is 0 Å². The van der Waals surface area contributed by atoms with E-state index in [2.05, 4.69) is 10.3 Å². The number of nitrogens with two attached hydrogens (primary N) is 1. The van der Waals surface area contributed by atoms with Gasteiger partial charge in [-0.25, -0.2) is 9.66 Å². The highest BCUT2D eigenvalue weighted by Gasteiger charge is 2.30. The number of nitrogen functional groups attached to an aromatic ring is 1. The molecular weight excluding hydrogens is 344 g/mol. The first-order valence-corrected chi connectivity index (χ1v) is 9.50. The first-order valence-electron chi connectivity index (χ1n) is 8.62. The van der Waals surface area contributed by atoms with Gasteiger partial charge in [0.25, 0.3) is 0 Å². The standard InChI is InChI=1S/C20H20N4OS/c21-24-13-17(14-7-3-1-4-8-14)23-20(24)26-18(15-9-5-2-6-10-15)19(25)22-16-11-12-16/h1-10,13,16,18H,11-12,21H2,(H,22,25). The van der Waals surface area contributed by atoms with E-state index < -0.39 is 0 Å². The van der Waals surface area contributed by atoms with Gasteiger partial charge in [0.1, 0.15) is 5.25 Å². The number of thioether (sulfide) groups is 1. The zero-order valence-corrected chi connectivity index (χ0v) is 15.0. The third-order valence-corrected chi connectivity index (χ3v) is 5.49. The molecule has 1 aromatic heterocycles. The zero-order chi connectivity index (χ0) is 17.9. The first-order chi connectivity index (χ1) is 12.7. The molecule has 0 bridgehead atoms. The van der Waals surface area contributed by atoms with Gasteiger partial charge in [-0.3, -0.25) is 4.79 Å². The number of nitrogens with one attached hydrogen (secondary N) is 1. The molecule has 0 radical (unpaired) electrons. The van der Waals surface area contributed by atoms with Crippen molar-refractivity contribution in [3.8, 4) is 11.3 Å². The SMILES string of the molecule is Nn1cc(-c2ccccc2)nc1SC(C(=O)NC1CC1)c1ccccc1. The van der Waals surface area contributed by atoms with E-state index in [0.717, 1.165) is 29.7 Å². The maximum absolute atomic E-state index is 12.8. The molecule has 1 aliphatic rings. The Kier molecular flexibility index (Phi) is 4.67. The second kappa shape index (κ2) is 7.25. The number of nitrogens with zero attached hydrogens (tertiary/aromatic N) is 2. The van der Waals surface area contributed by atoms with Crippen LogP contribution < -0.4 is 11.2 Å². The molecule has 3 aromatic rings. The Morgan fingerprint density at radius 2 is 1.77 bits per heavy atom. The Labute approximate surface area is 156 Å². The van der Waals surface area contributed by atoms with Crippen LogP contribution in [0.3, 0.4) is 0 Å². The first kappa shape index (κ1) is 16.7. The number of imidazole rings is 1. The summed E-state index contributed by atoms with van der Waals surface area (Å²) in [6.45, 7) is 0. The van der Waals surface area contributed by atoms with Crippen molar-refractivity contribution in [2.45, 2.75) is 29.3 Å². The number of benzene rings is 2. The van der Waals surface area contributed by atoms with Crippen molar-refractivity contribution >= 4 is 17.7 Å². The maximum atomic E-state index is 12.8. The molecule has 1 atom stereocenters.